The molecule has 106 valence electrons. The summed E-state index contributed by atoms with van der Waals surface area (Å²) in [7, 11) is 1.59. The Hall–Kier alpha value is -2.41. The van der Waals surface area contributed by atoms with E-state index in [2.05, 4.69) is 15.4 Å². The molecule has 2 aromatic rings. The summed E-state index contributed by atoms with van der Waals surface area (Å²) in [6.45, 7) is 2.93. The normalized spacial score (nSPS) is 10.5. The van der Waals surface area contributed by atoms with Crippen molar-refractivity contribution in [2.45, 2.75) is 13.5 Å². The van der Waals surface area contributed by atoms with Crippen LogP contribution in [0.2, 0.25) is 0 Å². The minimum Gasteiger partial charge on any atom is -0.496 e. The van der Waals surface area contributed by atoms with Crippen molar-refractivity contribution in [2.24, 2.45) is 5.73 Å². The van der Waals surface area contributed by atoms with E-state index < -0.39 is 5.91 Å². The van der Waals surface area contributed by atoms with Gasteiger partial charge < -0.3 is 15.2 Å². The number of carbonyl (C=O) groups is 1. The minimum atomic E-state index is -0.629. The number of nitrogens with zero attached hydrogens (tertiary/aromatic N) is 2. The van der Waals surface area contributed by atoms with E-state index in [-0.39, 0.29) is 5.69 Å². The van der Waals surface area contributed by atoms with Gasteiger partial charge in [0.25, 0.3) is 5.91 Å². The molecule has 0 saturated carbocycles. The summed E-state index contributed by atoms with van der Waals surface area (Å²) >= 11 is 0. The van der Waals surface area contributed by atoms with Crippen LogP contribution >= 0.6 is 0 Å². The summed E-state index contributed by atoms with van der Waals surface area (Å²) in [5.41, 5.74) is 7.37. The Bertz CT molecular complexity index is 609. The van der Waals surface area contributed by atoms with Crippen molar-refractivity contribution >= 4 is 5.91 Å². The Morgan fingerprint density at radius 3 is 2.85 bits per heavy atom. The van der Waals surface area contributed by atoms with Gasteiger partial charge in [-0.3, -0.25) is 4.79 Å². The first kappa shape index (κ1) is 14.0. The molecule has 2 rings (SSSR count). The molecule has 0 saturated heterocycles. The Morgan fingerprint density at radius 1 is 1.40 bits per heavy atom. The molecule has 0 spiro atoms. The van der Waals surface area contributed by atoms with E-state index in [1.165, 1.54) is 0 Å². The van der Waals surface area contributed by atoms with Crippen LogP contribution in [0.3, 0.4) is 0 Å². The summed E-state index contributed by atoms with van der Waals surface area (Å²) in [6, 6.07) is 5.43. The summed E-state index contributed by atoms with van der Waals surface area (Å²) in [5.74, 6) is 0.0854. The maximum Gasteiger partial charge on any atom is 0.271 e. The van der Waals surface area contributed by atoms with E-state index in [1.807, 2.05) is 13.0 Å². The summed E-state index contributed by atoms with van der Waals surface area (Å²) in [6.07, 6.45) is 0. The van der Waals surface area contributed by atoms with Crippen molar-refractivity contribution in [1.29, 1.82) is 0 Å². The van der Waals surface area contributed by atoms with Gasteiger partial charge in [0, 0.05) is 17.7 Å². The molecule has 0 atom stereocenters. The minimum absolute atomic E-state index is 0.109. The van der Waals surface area contributed by atoms with E-state index in [0.717, 1.165) is 11.1 Å². The first-order chi connectivity index (χ1) is 9.67. The van der Waals surface area contributed by atoms with Crippen LogP contribution in [-0.4, -0.2) is 35.0 Å². The lowest BCUT2D eigenvalue weighted by atomic mass is 10.1. The predicted octanol–water partition coefficient (Wildman–Crippen LogP) is 1.12. The van der Waals surface area contributed by atoms with Crippen LogP contribution in [0.5, 0.6) is 5.75 Å². The third kappa shape index (κ3) is 2.77. The second-order valence-electron chi connectivity index (χ2n) is 4.05. The quantitative estimate of drug-likeness (QED) is 0.822. The summed E-state index contributed by atoms with van der Waals surface area (Å²) in [5, 5.41) is 10.1. The Kier molecular flexibility index (Phi) is 4.31. The lowest BCUT2D eigenvalue weighted by molar-refractivity contribution is 0.0996. The van der Waals surface area contributed by atoms with Crippen LogP contribution in [0.1, 0.15) is 23.0 Å². The molecule has 7 heteroatoms. The number of H-pyrrole nitrogens is 1. The number of benzene rings is 1. The molecule has 1 aromatic carbocycles. The van der Waals surface area contributed by atoms with Gasteiger partial charge in [0.2, 0.25) is 0 Å². The van der Waals surface area contributed by atoms with Gasteiger partial charge in [-0.2, -0.15) is 15.4 Å². The first-order valence-electron chi connectivity index (χ1n) is 6.13. The smallest absolute Gasteiger partial charge is 0.271 e. The fourth-order valence-electron chi connectivity index (χ4n) is 1.85. The maximum absolute atomic E-state index is 11.3. The molecule has 1 aromatic heterocycles. The molecule has 0 fully saturated rings. The number of rotatable bonds is 6. The van der Waals surface area contributed by atoms with Gasteiger partial charge in [-0.05, 0) is 25.1 Å². The van der Waals surface area contributed by atoms with Gasteiger partial charge in [0.05, 0.1) is 13.7 Å². The van der Waals surface area contributed by atoms with Crippen LogP contribution in [0.25, 0.3) is 11.3 Å². The van der Waals surface area contributed by atoms with Gasteiger partial charge in [-0.25, -0.2) is 0 Å². The largest absolute Gasteiger partial charge is 0.496 e. The highest BCUT2D eigenvalue weighted by Gasteiger charge is 2.16. The molecule has 0 aliphatic carbocycles. The Balaban J connectivity index is 2.42. The standard InChI is InChI=1S/C13H16N4O3/c1-3-20-7-9-6-8(4-5-10(9)19-2)11-12(13(14)18)16-17-15-11/h4-6H,3,7H2,1-2H3,(H2,14,18)(H,15,16,17). The third-order valence-corrected chi connectivity index (χ3v) is 2.80. The third-order valence-electron chi connectivity index (χ3n) is 2.80. The maximum atomic E-state index is 11.3. The molecule has 7 nitrogen and oxygen atoms in total. The van der Waals surface area contributed by atoms with Crippen molar-refractivity contribution in [3.8, 4) is 17.0 Å². The van der Waals surface area contributed by atoms with E-state index in [9.17, 15) is 4.79 Å². The highest BCUT2D eigenvalue weighted by atomic mass is 16.5. The highest BCUT2D eigenvalue weighted by Crippen LogP contribution is 2.27. The Labute approximate surface area is 116 Å². The average molecular weight is 276 g/mol. The van der Waals surface area contributed by atoms with Crippen LogP contribution in [0, 0.1) is 0 Å². The van der Waals surface area contributed by atoms with Crippen LogP contribution in [0.15, 0.2) is 18.2 Å². The zero-order valence-electron chi connectivity index (χ0n) is 11.3. The number of nitrogens with two attached hydrogens (primary N) is 1. The second-order valence-corrected chi connectivity index (χ2v) is 4.05. The lowest BCUT2D eigenvalue weighted by Crippen LogP contribution is -2.12. The zero-order valence-corrected chi connectivity index (χ0v) is 11.3. The number of hydrogen-bond acceptors (Lipinski definition) is 5. The van der Waals surface area contributed by atoms with Gasteiger partial charge in [-0.1, -0.05) is 0 Å². The van der Waals surface area contributed by atoms with E-state index >= 15 is 0 Å². The van der Waals surface area contributed by atoms with Crippen molar-refractivity contribution in [3.05, 3.63) is 29.5 Å². The molecular formula is C13H16N4O3. The SMILES string of the molecule is CCOCc1cc(-c2n[nH]nc2C(N)=O)ccc1OC. The predicted molar refractivity (Wildman–Crippen MR) is 72.2 cm³/mol. The van der Waals surface area contributed by atoms with Gasteiger partial charge >= 0.3 is 0 Å². The van der Waals surface area contributed by atoms with Gasteiger partial charge in [-0.15, -0.1) is 0 Å². The Morgan fingerprint density at radius 2 is 2.20 bits per heavy atom. The van der Waals surface area contributed by atoms with E-state index in [0.29, 0.717) is 24.7 Å². The molecule has 1 heterocycles. The number of nitrogens with one attached hydrogen (secondary N) is 1. The topological polar surface area (TPSA) is 103 Å². The molecule has 1 amide bonds. The van der Waals surface area contributed by atoms with E-state index in [4.69, 9.17) is 15.2 Å². The summed E-state index contributed by atoms with van der Waals surface area (Å²) in [4.78, 5) is 11.3. The van der Waals surface area contributed by atoms with Crippen molar-refractivity contribution in [2.75, 3.05) is 13.7 Å². The number of methoxy groups -OCH3 is 1. The first-order valence-corrected chi connectivity index (χ1v) is 6.13. The van der Waals surface area contributed by atoms with Crippen molar-refractivity contribution in [1.82, 2.24) is 15.4 Å². The zero-order chi connectivity index (χ0) is 14.5. The van der Waals surface area contributed by atoms with Crippen molar-refractivity contribution in [3.63, 3.8) is 0 Å². The van der Waals surface area contributed by atoms with Crippen LogP contribution < -0.4 is 10.5 Å². The molecule has 0 aliphatic rings. The molecule has 0 aliphatic heterocycles. The number of hydrogen-bond donors (Lipinski definition) is 2. The van der Waals surface area contributed by atoms with E-state index in [1.54, 1.807) is 19.2 Å². The highest BCUT2D eigenvalue weighted by molar-refractivity contribution is 5.96. The lowest BCUT2D eigenvalue weighted by Gasteiger charge is -2.10. The second kappa shape index (κ2) is 6.16. The number of aromatic nitrogens is 3. The number of carbonyl (C=O) groups excluding carboxylic acids is 1. The molecule has 3 N–H and O–H groups in total. The number of amides is 1. The fraction of sp³-hybridized carbons (Fsp3) is 0.308. The average Bonchev–Trinajstić information content (AvgIpc) is 2.94. The molecule has 20 heavy (non-hydrogen) atoms. The molecular weight excluding hydrogens is 260 g/mol. The van der Waals surface area contributed by atoms with Crippen LogP contribution in [0.4, 0.5) is 0 Å². The van der Waals surface area contributed by atoms with Gasteiger partial charge in [0.15, 0.2) is 5.69 Å². The van der Waals surface area contributed by atoms with Crippen molar-refractivity contribution < 1.29 is 14.3 Å². The number of aromatic amines is 1. The molecule has 0 unspecified atom stereocenters. The number of primary amides is 1. The number of ether oxygens (including phenoxy) is 2. The fourth-order valence-corrected chi connectivity index (χ4v) is 1.85. The van der Waals surface area contributed by atoms with Gasteiger partial charge in [0.1, 0.15) is 11.4 Å². The molecule has 0 bridgehead atoms. The monoisotopic (exact) mass is 276 g/mol. The summed E-state index contributed by atoms with van der Waals surface area (Å²) < 4.78 is 10.7. The molecule has 0 radical (unpaired) electrons. The van der Waals surface area contributed by atoms with Crippen LogP contribution in [-0.2, 0) is 11.3 Å².